The predicted octanol–water partition coefficient (Wildman–Crippen LogP) is 2.84. The minimum absolute atomic E-state index is 0.107. The van der Waals surface area contributed by atoms with Crippen LogP contribution in [0.1, 0.15) is 0 Å². The number of anilines is 1. The van der Waals surface area contributed by atoms with Gasteiger partial charge in [0.2, 0.25) is 0 Å². The van der Waals surface area contributed by atoms with Crippen LogP contribution >= 0.6 is 11.6 Å². The van der Waals surface area contributed by atoms with Gasteiger partial charge in [-0.15, -0.1) is 5.10 Å². The molecule has 21 heavy (non-hydrogen) atoms. The molecule has 0 unspecified atom stereocenters. The molecule has 5 nitrogen and oxygen atoms in total. The smallest absolute Gasteiger partial charge is 0.189 e. The van der Waals surface area contributed by atoms with Gasteiger partial charge in [-0.05, 0) is 40.8 Å². The van der Waals surface area contributed by atoms with Crippen LogP contribution in [-0.2, 0) is 0 Å². The van der Waals surface area contributed by atoms with Crippen LogP contribution in [0.3, 0.4) is 0 Å². The minimum Gasteiger partial charge on any atom is -0.398 e. The molecule has 106 valence electrons. The van der Waals surface area contributed by atoms with Gasteiger partial charge in [-0.2, -0.15) is 4.68 Å². The molecule has 2 N–H and O–H groups in total. The molecule has 0 aliphatic carbocycles. The van der Waals surface area contributed by atoms with Gasteiger partial charge in [0.15, 0.2) is 17.5 Å². The quantitative estimate of drug-likeness (QED) is 0.739. The number of tetrazole rings is 1. The monoisotopic (exact) mass is 307 g/mol. The molecule has 0 spiro atoms. The average Bonchev–Trinajstić information content (AvgIpc) is 2.91. The van der Waals surface area contributed by atoms with E-state index in [0.29, 0.717) is 16.3 Å². The predicted molar refractivity (Wildman–Crippen MR) is 73.9 cm³/mol. The van der Waals surface area contributed by atoms with E-state index in [2.05, 4.69) is 15.5 Å². The fraction of sp³-hybridized carbons (Fsp3) is 0. The second kappa shape index (κ2) is 5.10. The average molecular weight is 308 g/mol. The van der Waals surface area contributed by atoms with E-state index in [-0.39, 0.29) is 11.5 Å². The summed E-state index contributed by atoms with van der Waals surface area (Å²) < 4.78 is 28.3. The Morgan fingerprint density at radius 1 is 1.14 bits per heavy atom. The van der Waals surface area contributed by atoms with E-state index in [1.807, 2.05) is 0 Å². The summed E-state index contributed by atoms with van der Waals surface area (Å²) in [4.78, 5) is 0. The molecule has 0 aliphatic rings. The van der Waals surface area contributed by atoms with Crippen LogP contribution in [-0.4, -0.2) is 20.2 Å². The van der Waals surface area contributed by atoms with E-state index in [1.54, 1.807) is 12.1 Å². The molecule has 0 bridgehead atoms. The van der Waals surface area contributed by atoms with E-state index in [0.717, 1.165) is 10.7 Å². The lowest BCUT2D eigenvalue weighted by atomic mass is 10.1. The van der Waals surface area contributed by atoms with Gasteiger partial charge in [-0.1, -0.05) is 17.7 Å². The van der Waals surface area contributed by atoms with Crippen LogP contribution in [0.15, 0.2) is 36.4 Å². The lowest BCUT2D eigenvalue weighted by Crippen LogP contribution is -2.05. The Labute approximate surface area is 123 Å². The lowest BCUT2D eigenvalue weighted by Gasteiger charge is -2.08. The molecule has 0 saturated carbocycles. The van der Waals surface area contributed by atoms with E-state index < -0.39 is 11.6 Å². The van der Waals surface area contributed by atoms with Gasteiger partial charge in [-0.3, -0.25) is 0 Å². The van der Waals surface area contributed by atoms with Crippen molar-refractivity contribution in [3.63, 3.8) is 0 Å². The van der Waals surface area contributed by atoms with Crippen LogP contribution in [0, 0.1) is 11.6 Å². The van der Waals surface area contributed by atoms with Crippen molar-refractivity contribution in [1.82, 2.24) is 20.2 Å². The van der Waals surface area contributed by atoms with Crippen molar-refractivity contribution in [2.24, 2.45) is 0 Å². The molecule has 8 heteroatoms. The van der Waals surface area contributed by atoms with Gasteiger partial charge in [0.1, 0.15) is 5.69 Å². The Bertz CT molecular complexity index is 818. The van der Waals surface area contributed by atoms with Crippen molar-refractivity contribution in [3.05, 3.63) is 53.1 Å². The standard InChI is InChI=1S/C13H8ClF2N5/c14-7-4-5-8(10(17)6-7)13-18-19-20-21(13)11-3-1-2-9(15)12(11)16/h1-6H,17H2. The first-order valence-electron chi connectivity index (χ1n) is 5.86. The Kier molecular flexibility index (Phi) is 3.26. The zero-order chi connectivity index (χ0) is 15.0. The molecule has 2 aromatic carbocycles. The summed E-state index contributed by atoms with van der Waals surface area (Å²) in [6.07, 6.45) is 0. The number of nitrogen functional groups attached to an aromatic ring is 1. The van der Waals surface area contributed by atoms with Crippen molar-refractivity contribution in [2.45, 2.75) is 0 Å². The molecule has 1 aromatic heterocycles. The Balaban J connectivity index is 2.20. The van der Waals surface area contributed by atoms with Crippen LogP contribution in [0.5, 0.6) is 0 Å². The highest BCUT2D eigenvalue weighted by molar-refractivity contribution is 6.31. The number of rotatable bonds is 2. The van der Waals surface area contributed by atoms with Crippen LogP contribution in [0.2, 0.25) is 5.02 Å². The SMILES string of the molecule is Nc1cc(Cl)ccc1-c1nnnn1-c1cccc(F)c1F. The molecule has 0 fully saturated rings. The first-order chi connectivity index (χ1) is 10.1. The summed E-state index contributed by atoms with van der Waals surface area (Å²) in [7, 11) is 0. The third-order valence-corrected chi connectivity index (χ3v) is 3.12. The first kappa shape index (κ1) is 13.4. The normalized spacial score (nSPS) is 10.8. The van der Waals surface area contributed by atoms with Gasteiger partial charge < -0.3 is 5.73 Å². The molecule has 0 radical (unpaired) electrons. The number of nitrogens with two attached hydrogens (primary N) is 1. The molecular formula is C13H8ClF2N5. The van der Waals surface area contributed by atoms with Crippen molar-refractivity contribution in [1.29, 1.82) is 0 Å². The number of hydrogen-bond donors (Lipinski definition) is 1. The summed E-state index contributed by atoms with van der Waals surface area (Å²) in [5.74, 6) is -1.84. The van der Waals surface area contributed by atoms with Crippen molar-refractivity contribution in [3.8, 4) is 17.1 Å². The molecule has 0 saturated heterocycles. The maximum absolute atomic E-state index is 13.9. The summed E-state index contributed by atoms with van der Waals surface area (Å²) in [6.45, 7) is 0. The molecule has 0 atom stereocenters. The topological polar surface area (TPSA) is 69.6 Å². The number of aromatic nitrogens is 4. The summed E-state index contributed by atoms with van der Waals surface area (Å²) in [5, 5.41) is 11.4. The highest BCUT2D eigenvalue weighted by atomic mass is 35.5. The van der Waals surface area contributed by atoms with Crippen molar-refractivity contribution >= 4 is 17.3 Å². The Hall–Kier alpha value is -2.54. The molecule has 0 amide bonds. The van der Waals surface area contributed by atoms with Crippen molar-refractivity contribution in [2.75, 3.05) is 5.73 Å². The van der Waals surface area contributed by atoms with Crippen LogP contribution in [0.25, 0.3) is 17.1 Å². The van der Waals surface area contributed by atoms with Gasteiger partial charge in [-0.25, -0.2) is 8.78 Å². The van der Waals surface area contributed by atoms with E-state index in [1.165, 1.54) is 18.2 Å². The second-order valence-corrected chi connectivity index (χ2v) is 4.66. The maximum Gasteiger partial charge on any atom is 0.189 e. The zero-order valence-electron chi connectivity index (χ0n) is 10.5. The molecule has 3 aromatic rings. The second-order valence-electron chi connectivity index (χ2n) is 4.22. The third-order valence-electron chi connectivity index (χ3n) is 2.88. The molecule has 3 rings (SSSR count). The zero-order valence-corrected chi connectivity index (χ0v) is 11.2. The van der Waals surface area contributed by atoms with Crippen LogP contribution < -0.4 is 5.73 Å². The largest absolute Gasteiger partial charge is 0.398 e. The van der Waals surface area contributed by atoms with E-state index >= 15 is 0 Å². The molecule has 0 aliphatic heterocycles. The molecule has 1 heterocycles. The van der Waals surface area contributed by atoms with E-state index in [9.17, 15) is 8.78 Å². The summed E-state index contributed by atoms with van der Waals surface area (Å²) in [5.41, 5.74) is 6.55. The fourth-order valence-corrected chi connectivity index (χ4v) is 2.09. The Morgan fingerprint density at radius 3 is 2.71 bits per heavy atom. The van der Waals surface area contributed by atoms with Gasteiger partial charge in [0, 0.05) is 16.3 Å². The number of hydrogen-bond acceptors (Lipinski definition) is 4. The summed E-state index contributed by atoms with van der Waals surface area (Å²) >= 11 is 5.83. The maximum atomic E-state index is 13.9. The van der Waals surface area contributed by atoms with Gasteiger partial charge >= 0.3 is 0 Å². The number of benzene rings is 2. The summed E-state index contributed by atoms with van der Waals surface area (Å²) in [6, 6.07) is 8.48. The van der Waals surface area contributed by atoms with Gasteiger partial charge in [0.05, 0.1) is 0 Å². The van der Waals surface area contributed by atoms with Gasteiger partial charge in [0.25, 0.3) is 0 Å². The van der Waals surface area contributed by atoms with Crippen LogP contribution in [0.4, 0.5) is 14.5 Å². The van der Waals surface area contributed by atoms with Crippen molar-refractivity contribution < 1.29 is 8.78 Å². The van der Waals surface area contributed by atoms with E-state index in [4.69, 9.17) is 17.3 Å². The highest BCUT2D eigenvalue weighted by Crippen LogP contribution is 2.28. The third kappa shape index (κ3) is 2.31. The Morgan fingerprint density at radius 2 is 1.95 bits per heavy atom. The molecular weight excluding hydrogens is 300 g/mol. The minimum atomic E-state index is -1.04. The fourth-order valence-electron chi connectivity index (χ4n) is 1.91. The lowest BCUT2D eigenvalue weighted by molar-refractivity contribution is 0.501. The highest BCUT2D eigenvalue weighted by Gasteiger charge is 2.18. The number of nitrogens with zero attached hydrogens (tertiary/aromatic N) is 4. The number of halogens is 3. The first-order valence-corrected chi connectivity index (χ1v) is 6.24.